The van der Waals surface area contributed by atoms with Crippen molar-refractivity contribution in [2.24, 2.45) is 0 Å². The fourth-order valence-electron chi connectivity index (χ4n) is 1.87. The molecule has 0 bridgehead atoms. The molecule has 0 saturated heterocycles. The van der Waals surface area contributed by atoms with E-state index in [-0.39, 0.29) is 12.3 Å². The van der Waals surface area contributed by atoms with Crippen molar-refractivity contribution in [2.75, 3.05) is 11.9 Å². The number of aliphatic hydroxyl groups is 1. The second-order valence-corrected chi connectivity index (χ2v) is 4.50. The Hall–Kier alpha value is -2.40. The molecule has 1 aromatic heterocycles. The van der Waals surface area contributed by atoms with Gasteiger partial charge < -0.3 is 15.2 Å². The van der Waals surface area contributed by atoms with Crippen LogP contribution in [0.2, 0.25) is 0 Å². The van der Waals surface area contributed by atoms with Crippen molar-refractivity contribution < 1.29 is 14.6 Å². The molecule has 2 N–H and O–H groups in total. The Morgan fingerprint density at radius 1 is 1.29 bits per heavy atom. The highest BCUT2D eigenvalue weighted by Crippen LogP contribution is 2.17. The largest absolute Gasteiger partial charge is 0.478 e. The number of rotatable bonds is 6. The molecule has 0 aliphatic heterocycles. The Labute approximate surface area is 123 Å². The third-order valence-corrected chi connectivity index (χ3v) is 2.88. The van der Waals surface area contributed by atoms with Crippen LogP contribution in [0.4, 0.5) is 5.69 Å². The standard InChI is InChI=1S/C16H18N2O3/c1-2-21-16-9-8-13(11-17-16)18-15(20)10-14(19)12-6-4-3-5-7-12/h3-9,11,14,19H,2,10H2,1H3,(H,18,20). The van der Waals surface area contributed by atoms with Crippen LogP contribution < -0.4 is 10.1 Å². The van der Waals surface area contributed by atoms with Crippen LogP contribution in [-0.2, 0) is 4.79 Å². The fourth-order valence-corrected chi connectivity index (χ4v) is 1.87. The van der Waals surface area contributed by atoms with Gasteiger partial charge >= 0.3 is 0 Å². The number of carbonyl (C=O) groups is 1. The number of amides is 1. The van der Waals surface area contributed by atoms with Gasteiger partial charge in [-0.25, -0.2) is 4.98 Å². The Bertz CT molecular complexity index is 570. The van der Waals surface area contributed by atoms with E-state index in [0.717, 1.165) is 5.56 Å². The molecule has 110 valence electrons. The molecule has 1 heterocycles. The summed E-state index contributed by atoms with van der Waals surface area (Å²) in [6.45, 7) is 2.42. The van der Waals surface area contributed by atoms with Crippen LogP contribution in [-0.4, -0.2) is 22.6 Å². The number of benzene rings is 1. The highest BCUT2D eigenvalue weighted by Gasteiger charge is 2.12. The minimum Gasteiger partial charge on any atom is -0.478 e. The molecule has 1 amide bonds. The molecule has 2 aromatic rings. The second kappa shape index (κ2) is 7.40. The van der Waals surface area contributed by atoms with Crippen molar-refractivity contribution in [3.8, 4) is 5.88 Å². The second-order valence-electron chi connectivity index (χ2n) is 4.50. The van der Waals surface area contributed by atoms with Gasteiger partial charge in [0.1, 0.15) is 0 Å². The molecule has 0 spiro atoms. The fraction of sp³-hybridized carbons (Fsp3) is 0.250. The SMILES string of the molecule is CCOc1ccc(NC(=O)CC(O)c2ccccc2)cn1. The number of nitrogens with zero attached hydrogens (tertiary/aromatic N) is 1. The first-order chi connectivity index (χ1) is 10.2. The van der Waals surface area contributed by atoms with Gasteiger partial charge in [-0.2, -0.15) is 0 Å². The molecule has 1 aromatic carbocycles. The lowest BCUT2D eigenvalue weighted by Crippen LogP contribution is -2.15. The molecule has 0 aliphatic rings. The van der Waals surface area contributed by atoms with E-state index in [2.05, 4.69) is 10.3 Å². The van der Waals surface area contributed by atoms with Gasteiger partial charge in [-0.15, -0.1) is 0 Å². The predicted octanol–water partition coefficient (Wildman–Crippen LogP) is 2.54. The van der Waals surface area contributed by atoms with Gasteiger partial charge in [0.05, 0.1) is 31.0 Å². The van der Waals surface area contributed by atoms with Gasteiger partial charge in [-0.1, -0.05) is 30.3 Å². The van der Waals surface area contributed by atoms with Crippen molar-refractivity contribution in [3.05, 3.63) is 54.2 Å². The van der Waals surface area contributed by atoms with Crippen LogP contribution in [0.1, 0.15) is 25.0 Å². The molecule has 0 fully saturated rings. The average Bonchev–Trinajstić information content (AvgIpc) is 2.50. The van der Waals surface area contributed by atoms with Crippen LogP contribution in [0, 0.1) is 0 Å². The zero-order chi connectivity index (χ0) is 15.1. The van der Waals surface area contributed by atoms with Gasteiger partial charge in [-0.05, 0) is 18.6 Å². The Balaban J connectivity index is 1.89. The van der Waals surface area contributed by atoms with Gasteiger partial charge in [0.15, 0.2) is 0 Å². The lowest BCUT2D eigenvalue weighted by molar-refractivity contribution is -0.118. The number of hydrogen-bond donors (Lipinski definition) is 2. The van der Waals surface area contributed by atoms with Crippen molar-refractivity contribution >= 4 is 11.6 Å². The Kier molecular flexibility index (Phi) is 5.29. The summed E-state index contributed by atoms with van der Waals surface area (Å²) in [4.78, 5) is 15.9. The predicted molar refractivity (Wildman–Crippen MR) is 80.1 cm³/mol. The maximum atomic E-state index is 11.9. The van der Waals surface area contributed by atoms with Crippen molar-refractivity contribution in [3.63, 3.8) is 0 Å². The molecule has 5 nitrogen and oxygen atoms in total. The van der Waals surface area contributed by atoms with E-state index in [1.54, 1.807) is 24.3 Å². The number of aromatic nitrogens is 1. The molecule has 1 unspecified atom stereocenters. The number of carbonyl (C=O) groups excluding carboxylic acids is 1. The summed E-state index contributed by atoms with van der Waals surface area (Å²) < 4.78 is 5.22. The normalized spacial score (nSPS) is 11.7. The van der Waals surface area contributed by atoms with E-state index in [0.29, 0.717) is 18.2 Å². The molecule has 0 radical (unpaired) electrons. The number of hydrogen-bond acceptors (Lipinski definition) is 4. The van der Waals surface area contributed by atoms with Crippen molar-refractivity contribution in [1.82, 2.24) is 4.98 Å². The highest BCUT2D eigenvalue weighted by atomic mass is 16.5. The molecular weight excluding hydrogens is 268 g/mol. The zero-order valence-electron chi connectivity index (χ0n) is 11.8. The monoisotopic (exact) mass is 286 g/mol. The summed E-state index contributed by atoms with van der Waals surface area (Å²) in [5.41, 5.74) is 1.29. The number of aliphatic hydroxyl groups excluding tert-OH is 1. The highest BCUT2D eigenvalue weighted by molar-refractivity contribution is 5.90. The molecular formula is C16H18N2O3. The van der Waals surface area contributed by atoms with Crippen LogP contribution in [0.5, 0.6) is 5.88 Å². The van der Waals surface area contributed by atoms with Crippen molar-refractivity contribution in [2.45, 2.75) is 19.4 Å². The van der Waals surface area contributed by atoms with E-state index < -0.39 is 6.10 Å². The zero-order valence-corrected chi connectivity index (χ0v) is 11.8. The quantitative estimate of drug-likeness (QED) is 0.856. The summed E-state index contributed by atoms with van der Waals surface area (Å²) in [5.74, 6) is 0.247. The summed E-state index contributed by atoms with van der Waals surface area (Å²) in [5, 5.41) is 12.7. The van der Waals surface area contributed by atoms with Gasteiger partial charge in [0.25, 0.3) is 0 Å². The minimum absolute atomic E-state index is 0.00275. The molecule has 21 heavy (non-hydrogen) atoms. The Morgan fingerprint density at radius 3 is 2.67 bits per heavy atom. The number of nitrogens with one attached hydrogen (secondary N) is 1. The topological polar surface area (TPSA) is 71.5 Å². The van der Waals surface area contributed by atoms with Crippen LogP contribution >= 0.6 is 0 Å². The smallest absolute Gasteiger partial charge is 0.227 e. The van der Waals surface area contributed by atoms with Gasteiger partial charge in [0.2, 0.25) is 11.8 Å². The average molecular weight is 286 g/mol. The van der Waals surface area contributed by atoms with Crippen LogP contribution in [0.25, 0.3) is 0 Å². The lowest BCUT2D eigenvalue weighted by atomic mass is 10.1. The van der Waals surface area contributed by atoms with Gasteiger partial charge in [0, 0.05) is 6.07 Å². The van der Waals surface area contributed by atoms with E-state index in [9.17, 15) is 9.90 Å². The van der Waals surface area contributed by atoms with Crippen LogP contribution in [0.15, 0.2) is 48.7 Å². The maximum Gasteiger partial charge on any atom is 0.227 e. The number of anilines is 1. The first-order valence-corrected chi connectivity index (χ1v) is 6.80. The van der Waals surface area contributed by atoms with Gasteiger partial charge in [-0.3, -0.25) is 4.79 Å². The van der Waals surface area contributed by atoms with Crippen molar-refractivity contribution in [1.29, 1.82) is 0 Å². The molecule has 1 atom stereocenters. The first-order valence-electron chi connectivity index (χ1n) is 6.80. The maximum absolute atomic E-state index is 11.9. The number of ether oxygens (including phenoxy) is 1. The van der Waals surface area contributed by atoms with E-state index in [1.807, 2.05) is 25.1 Å². The Morgan fingerprint density at radius 2 is 2.05 bits per heavy atom. The summed E-state index contributed by atoms with van der Waals surface area (Å²) in [6, 6.07) is 12.5. The summed E-state index contributed by atoms with van der Waals surface area (Å²) in [7, 11) is 0. The van der Waals surface area contributed by atoms with Crippen LogP contribution in [0.3, 0.4) is 0 Å². The summed E-state index contributed by atoms with van der Waals surface area (Å²) >= 11 is 0. The van der Waals surface area contributed by atoms with E-state index in [4.69, 9.17) is 4.74 Å². The van der Waals surface area contributed by atoms with E-state index >= 15 is 0 Å². The molecule has 5 heteroatoms. The molecule has 0 aliphatic carbocycles. The molecule has 0 saturated carbocycles. The third kappa shape index (κ3) is 4.57. The minimum atomic E-state index is -0.818. The molecule has 2 rings (SSSR count). The van der Waals surface area contributed by atoms with E-state index in [1.165, 1.54) is 6.20 Å². The third-order valence-electron chi connectivity index (χ3n) is 2.88. The lowest BCUT2D eigenvalue weighted by Gasteiger charge is -2.11. The first kappa shape index (κ1) is 15.0. The number of pyridine rings is 1. The summed E-state index contributed by atoms with van der Waals surface area (Å²) in [6.07, 6.45) is 0.705.